The second-order valence-electron chi connectivity index (χ2n) is 19.9. The van der Waals surface area contributed by atoms with Gasteiger partial charge in [-0.1, -0.05) is 47.8 Å². The van der Waals surface area contributed by atoms with E-state index < -0.39 is 10.1 Å². The molecule has 6 aromatic rings. The van der Waals surface area contributed by atoms with Gasteiger partial charge in [-0.3, -0.25) is 5.04 Å². The Labute approximate surface area is 436 Å². The second kappa shape index (κ2) is 24.2. The maximum absolute atomic E-state index is 11.2. The lowest BCUT2D eigenvalue weighted by Crippen LogP contribution is -2.44. The molecule has 18 nitrogen and oxygen atoms in total. The van der Waals surface area contributed by atoms with Crippen LogP contribution in [0.5, 0.6) is 0 Å². The van der Waals surface area contributed by atoms with Crippen LogP contribution < -0.4 is 24.2 Å². The Bertz CT molecular complexity index is 3000. The Morgan fingerprint density at radius 1 is 0.639 bits per heavy atom. The van der Waals surface area contributed by atoms with Crippen LogP contribution >= 0.6 is 35.6 Å². The van der Waals surface area contributed by atoms with Crippen molar-refractivity contribution in [3.05, 3.63) is 95.3 Å². The maximum atomic E-state index is 11.2. The van der Waals surface area contributed by atoms with Crippen molar-refractivity contribution in [2.24, 2.45) is 14.1 Å². The minimum Gasteiger partial charge on any atom is -0.748 e. The first-order valence-corrected chi connectivity index (χ1v) is 28.8. The molecule has 386 valence electrons. The number of benzene rings is 2. The Morgan fingerprint density at radius 3 is 1.57 bits per heavy atom. The summed E-state index contributed by atoms with van der Waals surface area (Å²) in [6, 6.07) is 16.6. The number of hydrogen-bond donors (Lipinski definition) is 0. The average molecular weight is 1060 g/mol. The van der Waals surface area contributed by atoms with Crippen molar-refractivity contribution < 1.29 is 45.7 Å². The minimum absolute atomic E-state index is 0.316. The number of aryl methyl sites for hydroxylation is 4. The van der Waals surface area contributed by atoms with Gasteiger partial charge >= 0.3 is 0 Å². The van der Waals surface area contributed by atoms with Crippen LogP contribution in [0.1, 0.15) is 62.8 Å². The summed E-state index contributed by atoms with van der Waals surface area (Å²) in [7, 11) is 9.18. The predicted octanol–water partition coefficient (Wildman–Crippen LogP) is 6.04. The standard InChI is InChI=1S/C50H68N12O6S4/c1-55-35-51-39(33-45-59(25-11-15-31-69-68-67-63)41-19-7-9-21-43(41)70-45)47-49(55)57(37-53-47)23-17-29-61(3,4)27-13-14-28-62(5,6)30-18-24-58-38-54-48-40(52-36-56(2)50(48)58)34-46-60(26-12-16-32-72(64,65)66)42-20-8-10-22-44(42)71-46/h7-10,19-22,33-38H,11-18,23-32H2,1-6H3/q+2. The fourth-order valence-corrected chi connectivity index (χ4v) is 12.8. The number of thioether (sulfide) groups is 2. The number of anilines is 2. The van der Waals surface area contributed by atoms with E-state index in [1.807, 2.05) is 56.1 Å². The Morgan fingerprint density at radius 2 is 1.10 bits per heavy atom. The van der Waals surface area contributed by atoms with Crippen molar-refractivity contribution in [2.75, 3.05) is 88.8 Å². The molecule has 0 aliphatic carbocycles. The first-order chi connectivity index (χ1) is 34.6. The molecule has 6 heterocycles. The van der Waals surface area contributed by atoms with Crippen LogP contribution in [-0.2, 0) is 46.7 Å². The lowest BCUT2D eigenvalue weighted by Gasteiger charge is -2.32. The van der Waals surface area contributed by atoms with Crippen molar-refractivity contribution in [2.45, 2.75) is 74.2 Å². The van der Waals surface area contributed by atoms with E-state index in [0.29, 0.717) is 25.1 Å². The number of fused-ring (bicyclic) bond motifs is 4. The lowest BCUT2D eigenvalue weighted by atomic mass is 10.2. The Balaban J connectivity index is 0.806. The van der Waals surface area contributed by atoms with E-state index in [9.17, 15) is 18.2 Å². The first kappa shape index (κ1) is 53.7. The summed E-state index contributed by atoms with van der Waals surface area (Å²) in [5, 5.41) is 15.7. The maximum Gasteiger partial charge on any atom is 0.259 e. The highest BCUT2D eigenvalue weighted by Gasteiger charge is 2.29. The predicted molar refractivity (Wildman–Crippen MR) is 282 cm³/mol. The van der Waals surface area contributed by atoms with Crippen LogP contribution in [0.15, 0.2) is 93.7 Å². The molecule has 0 saturated heterocycles. The van der Waals surface area contributed by atoms with Gasteiger partial charge in [-0.2, -0.15) is 4.33 Å². The SMILES string of the molecule is C[n+]1cnc(/C=C2\Sc3ccccc3N2CCCCSOO[O-])c2ncn(CCC[N+](C)(C)CCCC[N+](C)(C)CCCn3cnc4c(/C=C5\Sc6ccccc6N5CCCCS(=O)(=O)[O-])nc[n+](C)c43)c21. The van der Waals surface area contributed by atoms with Crippen LogP contribution in [0.3, 0.4) is 0 Å². The highest BCUT2D eigenvalue weighted by molar-refractivity contribution is 8.04. The molecule has 4 aromatic heterocycles. The molecule has 0 spiro atoms. The molecule has 0 N–H and O–H groups in total. The summed E-state index contributed by atoms with van der Waals surface area (Å²) < 4.78 is 48.7. The van der Waals surface area contributed by atoms with E-state index in [2.05, 4.69) is 110 Å². The van der Waals surface area contributed by atoms with Crippen LogP contribution in [0.2, 0.25) is 0 Å². The number of unbranched alkanes of at least 4 members (excludes halogenated alkanes) is 3. The number of rotatable bonds is 27. The summed E-state index contributed by atoms with van der Waals surface area (Å²) in [5.74, 6) is 0.320. The summed E-state index contributed by atoms with van der Waals surface area (Å²) >= 11 is 4.45. The molecule has 2 aromatic carbocycles. The zero-order valence-corrected chi connectivity index (χ0v) is 45.5. The summed E-state index contributed by atoms with van der Waals surface area (Å²) in [4.78, 5) is 26.3. The Hall–Kier alpha value is -4.62. The topological polar surface area (TPSA) is 174 Å². The van der Waals surface area contributed by atoms with Crippen molar-refractivity contribution in [3.8, 4) is 0 Å². The van der Waals surface area contributed by atoms with Gasteiger partial charge in [0.15, 0.2) is 35.1 Å². The van der Waals surface area contributed by atoms with Crippen LogP contribution in [-0.4, -0.2) is 130 Å². The fourth-order valence-electron chi connectivity index (χ4n) is 9.61. The first-order valence-electron chi connectivity index (χ1n) is 24.7. The van der Waals surface area contributed by atoms with Crippen molar-refractivity contribution in [1.29, 1.82) is 0 Å². The summed E-state index contributed by atoms with van der Waals surface area (Å²) in [5.41, 5.74) is 7.69. The van der Waals surface area contributed by atoms with Gasteiger partial charge in [-0.15, -0.1) is 9.97 Å². The van der Waals surface area contributed by atoms with Gasteiger partial charge in [0.05, 0.1) is 113 Å². The molecular formula is C50H68N12O6S4+2. The number of hydrogen-bond acceptors (Lipinski definition) is 15. The normalized spacial score (nSPS) is 15.3. The molecule has 0 unspecified atom stereocenters. The van der Waals surface area contributed by atoms with Crippen molar-refractivity contribution in [3.63, 3.8) is 0 Å². The number of para-hydroxylation sites is 2. The smallest absolute Gasteiger partial charge is 0.259 e. The van der Waals surface area contributed by atoms with Gasteiger partial charge in [0.2, 0.25) is 12.7 Å². The molecule has 0 atom stereocenters. The van der Waals surface area contributed by atoms with E-state index in [1.54, 1.807) is 23.5 Å². The highest BCUT2D eigenvalue weighted by Crippen LogP contribution is 2.48. The van der Waals surface area contributed by atoms with Gasteiger partial charge in [-0.05, 0) is 49.9 Å². The zero-order valence-electron chi connectivity index (χ0n) is 42.3. The number of quaternary nitrogens is 2. The highest BCUT2D eigenvalue weighted by atomic mass is 32.2. The van der Waals surface area contributed by atoms with Crippen LogP contribution in [0.25, 0.3) is 34.5 Å². The molecule has 22 heteroatoms. The third-order valence-corrected chi connectivity index (χ3v) is 17.0. The zero-order chi connectivity index (χ0) is 50.9. The van der Waals surface area contributed by atoms with E-state index >= 15 is 0 Å². The quantitative estimate of drug-likeness (QED) is 0.0111. The second-order valence-corrected chi connectivity index (χ2v) is 24.4. The molecule has 72 heavy (non-hydrogen) atoms. The fraction of sp³-hybridized carbons (Fsp3) is 0.480. The molecule has 0 radical (unpaired) electrons. The minimum atomic E-state index is -4.24. The molecular weight excluding hydrogens is 993 g/mol. The number of aromatic nitrogens is 8. The van der Waals surface area contributed by atoms with Crippen LogP contribution in [0.4, 0.5) is 11.4 Å². The molecule has 0 bridgehead atoms. The van der Waals surface area contributed by atoms with E-state index in [-0.39, 0.29) is 5.75 Å². The molecule has 0 fully saturated rings. The number of imidazole rings is 2. The Kier molecular flexibility index (Phi) is 18.0. The summed E-state index contributed by atoms with van der Waals surface area (Å²) in [6.07, 6.45) is 18.9. The third-order valence-electron chi connectivity index (χ3n) is 13.4. The monoisotopic (exact) mass is 1060 g/mol. The van der Waals surface area contributed by atoms with Gasteiger partial charge < -0.3 is 28.6 Å². The molecule has 0 saturated carbocycles. The molecule has 0 amide bonds. The largest absolute Gasteiger partial charge is 0.748 e. The van der Waals surface area contributed by atoms with Crippen molar-refractivity contribution >= 4 is 91.5 Å². The van der Waals surface area contributed by atoms with E-state index in [1.165, 1.54) is 17.0 Å². The van der Waals surface area contributed by atoms with Gasteiger partial charge in [0, 0.05) is 84.3 Å². The molecule has 2 aliphatic heterocycles. The van der Waals surface area contributed by atoms with Gasteiger partial charge in [0.1, 0.15) is 0 Å². The summed E-state index contributed by atoms with van der Waals surface area (Å²) in [6.45, 7) is 7.49. The third kappa shape index (κ3) is 13.8. The van der Waals surface area contributed by atoms with Crippen molar-refractivity contribution in [1.82, 2.24) is 29.1 Å². The van der Waals surface area contributed by atoms with Gasteiger partial charge in [0.25, 0.3) is 11.3 Å². The molecule has 2 aliphatic rings. The van der Waals surface area contributed by atoms with E-state index in [4.69, 9.17) is 19.9 Å². The van der Waals surface area contributed by atoms with Gasteiger partial charge in [-0.25, -0.2) is 36.7 Å². The number of nitrogens with zero attached hydrogens (tertiary/aromatic N) is 12. The van der Waals surface area contributed by atoms with E-state index in [0.717, 1.165) is 153 Å². The average Bonchev–Trinajstić information content (AvgIpc) is 4.13. The molecule has 8 rings (SSSR count). The van der Waals surface area contributed by atoms with Crippen LogP contribution in [0, 0.1) is 0 Å². The lowest BCUT2D eigenvalue weighted by molar-refractivity contribution is -0.897.